The van der Waals surface area contributed by atoms with Gasteiger partial charge >= 0.3 is 5.97 Å². The third-order valence-electron chi connectivity index (χ3n) is 2.79. The lowest BCUT2D eigenvalue weighted by Gasteiger charge is -2.15. The minimum absolute atomic E-state index is 0.0682. The van der Waals surface area contributed by atoms with Crippen LogP contribution in [0.3, 0.4) is 0 Å². The number of carbonyl (C=O) groups is 1. The molecular formula is C9H17NO6S2. The Balaban J connectivity index is 2.63. The molecule has 7 nitrogen and oxygen atoms in total. The molecule has 1 atom stereocenters. The third-order valence-corrected chi connectivity index (χ3v) is 5.83. The lowest BCUT2D eigenvalue weighted by molar-refractivity contribution is -0.144. The van der Waals surface area contributed by atoms with Gasteiger partial charge in [-0.1, -0.05) is 0 Å². The lowest BCUT2D eigenvalue weighted by Crippen LogP contribution is -2.34. The average molecular weight is 299 g/mol. The molecule has 1 fully saturated rings. The standard InChI is InChI=1S/C9H17NO6S2/c1-16-9(11)8-3-4-10(7-8)18(14,15)6-5-17(2,12)13/h8H,3-7H2,1-2H3. The Morgan fingerprint density at radius 1 is 1.28 bits per heavy atom. The number of hydrogen-bond donors (Lipinski definition) is 0. The normalized spacial score (nSPS) is 22.0. The Hall–Kier alpha value is -0.670. The summed E-state index contributed by atoms with van der Waals surface area (Å²) < 4.78 is 51.3. The lowest BCUT2D eigenvalue weighted by atomic mass is 10.1. The van der Waals surface area contributed by atoms with Crippen LogP contribution in [0.25, 0.3) is 0 Å². The number of rotatable bonds is 5. The first-order valence-corrected chi connectivity index (χ1v) is 9.06. The molecule has 0 bridgehead atoms. The van der Waals surface area contributed by atoms with E-state index in [1.54, 1.807) is 0 Å². The van der Waals surface area contributed by atoms with Crippen molar-refractivity contribution in [3.8, 4) is 0 Å². The predicted octanol–water partition coefficient (Wildman–Crippen LogP) is -1.14. The molecule has 0 aliphatic carbocycles. The van der Waals surface area contributed by atoms with E-state index in [2.05, 4.69) is 4.74 Å². The predicted molar refractivity (Wildman–Crippen MR) is 65.2 cm³/mol. The van der Waals surface area contributed by atoms with Crippen LogP contribution in [0, 0.1) is 5.92 Å². The highest BCUT2D eigenvalue weighted by Gasteiger charge is 2.35. The molecule has 0 aromatic rings. The number of sulfonamides is 1. The maximum Gasteiger partial charge on any atom is 0.310 e. The quantitative estimate of drug-likeness (QED) is 0.595. The molecule has 1 aliphatic rings. The Morgan fingerprint density at radius 3 is 2.39 bits per heavy atom. The van der Waals surface area contributed by atoms with Gasteiger partial charge in [-0.2, -0.15) is 0 Å². The van der Waals surface area contributed by atoms with Gasteiger partial charge in [0.2, 0.25) is 10.0 Å². The summed E-state index contributed by atoms with van der Waals surface area (Å²) in [5.41, 5.74) is 0. The molecule has 0 saturated carbocycles. The van der Waals surface area contributed by atoms with E-state index in [0.717, 1.165) is 10.6 Å². The number of methoxy groups -OCH3 is 1. The fraction of sp³-hybridized carbons (Fsp3) is 0.889. The van der Waals surface area contributed by atoms with Gasteiger partial charge in [0.25, 0.3) is 0 Å². The van der Waals surface area contributed by atoms with Crippen molar-refractivity contribution in [2.45, 2.75) is 6.42 Å². The topological polar surface area (TPSA) is 97.8 Å². The van der Waals surface area contributed by atoms with E-state index >= 15 is 0 Å². The van der Waals surface area contributed by atoms with Crippen molar-refractivity contribution in [1.82, 2.24) is 4.31 Å². The molecule has 0 N–H and O–H groups in total. The van der Waals surface area contributed by atoms with Crippen molar-refractivity contribution in [1.29, 1.82) is 0 Å². The van der Waals surface area contributed by atoms with Crippen LogP contribution in [0.1, 0.15) is 6.42 Å². The molecule has 106 valence electrons. The van der Waals surface area contributed by atoms with Crippen LogP contribution in [-0.4, -0.2) is 65.1 Å². The first kappa shape index (κ1) is 15.4. The van der Waals surface area contributed by atoms with E-state index in [1.807, 2.05) is 0 Å². The first-order valence-electron chi connectivity index (χ1n) is 5.39. The zero-order valence-electron chi connectivity index (χ0n) is 10.3. The van der Waals surface area contributed by atoms with Gasteiger partial charge in [-0.15, -0.1) is 0 Å². The fourth-order valence-electron chi connectivity index (χ4n) is 1.73. The molecule has 0 radical (unpaired) electrons. The average Bonchev–Trinajstić information content (AvgIpc) is 2.74. The molecular weight excluding hydrogens is 282 g/mol. The van der Waals surface area contributed by atoms with Crippen molar-refractivity contribution in [2.75, 3.05) is 38.0 Å². The summed E-state index contributed by atoms with van der Waals surface area (Å²) in [5, 5.41) is 0. The fourth-order valence-corrected chi connectivity index (χ4v) is 4.83. The monoisotopic (exact) mass is 299 g/mol. The minimum atomic E-state index is -3.62. The molecule has 1 heterocycles. The summed E-state index contributed by atoms with van der Waals surface area (Å²) in [4.78, 5) is 11.3. The summed E-state index contributed by atoms with van der Waals surface area (Å²) in [7, 11) is -5.69. The van der Waals surface area contributed by atoms with Crippen molar-refractivity contribution in [3.05, 3.63) is 0 Å². The highest BCUT2D eigenvalue weighted by Crippen LogP contribution is 2.20. The van der Waals surface area contributed by atoms with E-state index in [4.69, 9.17) is 0 Å². The zero-order valence-corrected chi connectivity index (χ0v) is 12.0. The summed E-state index contributed by atoms with van der Waals surface area (Å²) in [5.74, 6) is -1.74. The second kappa shape index (κ2) is 5.54. The summed E-state index contributed by atoms with van der Waals surface area (Å²) >= 11 is 0. The SMILES string of the molecule is COC(=O)C1CCN(S(=O)(=O)CCS(C)(=O)=O)C1. The molecule has 0 spiro atoms. The molecule has 0 aromatic heterocycles. The van der Waals surface area contributed by atoms with E-state index in [-0.39, 0.29) is 13.1 Å². The number of nitrogens with zero attached hydrogens (tertiary/aromatic N) is 1. The Labute approximate surface area is 107 Å². The van der Waals surface area contributed by atoms with Crippen molar-refractivity contribution in [2.24, 2.45) is 5.92 Å². The highest BCUT2D eigenvalue weighted by atomic mass is 32.2. The van der Waals surface area contributed by atoms with Crippen LogP contribution in [0.15, 0.2) is 0 Å². The van der Waals surface area contributed by atoms with Crippen LogP contribution in [0.2, 0.25) is 0 Å². The second-order valence-corrected chi connectivity index (χ2v) is 8.66. The number of ether oxygens (including phenoxy) is 1. The number of esters is 1. The maximum absolute atomic E-state index is 11.8. The molecule has 1 aliphatic heterocycles. The first-order chi connectivity index (χ1) is 8.15. The van der Waals surface area contributed by atoms with Gasteiger partial charge < -0.3 is 4.74 Å². The maximum atomic E-state index is 11.8. The smallest absolute Gasteiger partial charge is 0.310 e. The van der Waals surface area contributed by atoms with E-state index in [1.165, 1.54) is 7.11 Å². The molecule has 1 rings (SSSR count). The summed E-state index contributed by atoms with van der Waals surface area (Å²) in [6, 6.07) is 0. The van der Waals surface area contributed by atoms with Crippen LogP contribution in [0.4, 0.5) is 0 Å². The van der Waals surface area contributed by atoms with Crippen LogP contribution in [-0.2, 0) is 29.4 Å². The van der Waals surface area contributed by atoms with E-state index in [0.29, 0.717) is 6.42 Å². The van der Waals surface area contributed by atoms with Crippen LogP contribution >= 0.6 is 0 Å². The van der Waals surface area contributed by atoms with E-state index < -0.39 is 43.3 Å². The highest BCUT2D eigenvalue weighted by molar-refractivity contribution is 7.93. The van der Waals surface area contributed by atoms with Crippen molar-refractivity contribution < 1.29 is 26.4 Å². The summed E-state index contributed by atoms with van der Waals surface area (Å²) in [6.45, 7) is 0.296. The van der Waals surface area contributed by atoms with Gasteiger partial charge in [-0.25, -0.2) is 21.1 Å². The van der Waals surface area contributed by atoms with Gasteiger partial charge in [0.15, 0.2) is 0 Å². The Bertz CT molecular complexity index is 509. The second-order valence-electron chi connectivity index (χ2n) is 4.31. The van der Waals surface area contributed by atoms with Crippen LogP contribution in [0.5, 0.6) is 0 Å². The molecule has 0 amide bonds. The molecule has 9 heteroatoms. The molecule has 18 heavy (non-hydrogen) atoms. The summed E-state index contributed by atoms with van der Waals surface area (Å²) in [6.07, 6.45) is 1.40. The van der Waals surface area contributed by atoms with Gasteiger partial charge in [-0.05, 0) is 6.42 Å². The number of hydrogen-bond acceptors (Lipinski definition) is 6. The number of sulfone groups is 1. The van der Waals surface area contributed by atoms with Crippen LogP contribution < -0.4 is 0 Å². The molecule has 1 saturated heterocycles. The number of carbonyl (C=O) groups excluding carboxylic acids is 1. The van der Waals surface area contributed by atoms with Crippen molar-refractivity contribution in [3.63, 3.8) is 0 Å². The largest absolute Gasteiger partial charge is 0.469 e. The third kappa shape index (κ3) is 4.21. The van der Waals surface area contributed by atoms with Gasteiger partial charge in [-0.3, -0.25) is 4.79 Å². The van der Waals surface area contributed by atoms with Gasteiger partial charge in [0, 0.05) is 19.3 Å². The molecule has 1 unspecified atom stereocenters. The Morgan fingerprint density at radius 2 is 1.89 bits per heavy atom. The van der Waals surface area contributed by atoms with Gasteiger partial charge in [0.05, 0.1) is 24.5 Å². The Kier molecular flexibility index (Phi) is 4.73. The molecule has 0 aromatic carbocycles. The zero-order chi connectivity index (χ0) is 14.0. The van der Waals surface area contributed by atoms with Crippen molar-refractivity contribution >= 4 is 25.8 Å². The van der Waals surface area contributed by atoms with E-state index in [9.17, 15) is 21.6 Å². The van der Waals surface area contributed by atoms with Gasteiger partial charge in [0.1, 0.15) is 9.84 Å². The minimum Gasteiger partial charge on any atom is -0.469 e.